The van der Waals surface area contributed by atoms with Gasteiger partial charge < -0.3 is 9.47 Å². The third kappa shape index (κ3) is 2.01. The molecule has 1 aromatic heterocycles. The summed E-state index contributed by atoms with van der Waals surface area (Å²) in [5.74, 6) is 1.12. The van der Waals surface area contributed by atoms with Gasteiger partial charge in [-0.2, -0.15) is 0 Å². The number of imidazole rings is 1. The fourth-order valence-corrected chi connectivity index (χ4v) is 2.97. The van der Waals surface area contributed by atoms with Crippen LogP contribution in [0.15, 0.2) is 24.3 Å². The molecule has 1 aliphatic heterocycles. The van der Waals surface area contributed by atoms with E-state index in [1.54, 1.807) is 0 Å². The molecule has 0 N–H and O–H groups in total. The van der Waals surface area contributed by atoms with Crippen LogP contribution in [0.1, 0.15) is 31.6 Å². The summed E-state index contributed by atoms with van der Waals surface area (Å²) in [6, 6.07) is 7.82. The molecule has 1 aliphatic rings. The van der Waals surface area contributed by atoms with Crippen LogP contribution in [0.5, 0.6) is 0 Å². The van der Waals surface area contributed by atoms with E-state index in [4.69, 9.17) is 0 Å². The molecule has 0 aliphatic carbocycles. The standard InChI is InChI=1S/C15H19N3O/c1-11(15(19)17-9-5-6-10-17)18-12(2)16-13-7-3-4-8-14(13)18/h3-4,7-8,11H,5-6,9-10H2,1-2H3. The summed E-state index contributed by atoms with van der Waals surface area (Å²) < 4.78 is 2.05. The van der Waals surface area contributed by atoms with Crippen molar-refractivity contribution < 1.29 is 4.79 Å². The Hall–Kier alpha value is -1.84. The van der Waals surface area contributed by atoms with Gasteiger partial charge in [0.25, 0.3) is 0 Å². The molecule has 0 radical (unpaired) electrons. The highest BCUT2D eigenvalue weighted by atomic mass is 16.2. The number of aromatic nitrogens is 2. The van der Waals surface area contributed by atoms with Crippen LogP contribution in [-0.4, -0.2) is 33.4 Å². The van der Waals surface area contributed by atoms with Crippen molar-refractivity contribution in [1.82, 2.24) is 14.5 Å². The molecule has 1 saturated heterocycles. The highest BCUT2D eigenvalue weighted by molar-refractivity contribution is 5.84. The number of amides is 1. The third-order valence-corrected chi connectivity index (χ3v) is 3.93. The van der Waals surface area contributed by atoms with Crippen LogP contribution in [0.3, 0.4) is 0 Å². The van der Waals surface area contributed by atoms with E-state index >= 15 is 0 Å². The number of nitrogens with zero attached hydrogens (tertiary/aromatic N) is 3. The van der Waals surface area contributed by atoms with Crippen molar-refractivity contribution in [3.63, 3.8) is 0 Å². The molecule has 100 valence electrons. The Labute approximate surface area is 113 Å². The zero-order chi connectivity index (χ0) is 13.4. The van der Waals surface area contributed by atoms with E-state index in [1.807, 2.05) is 43.0 Å². The Morgan fingerprint density at radius 2 is 1.95 bits per heavy atom. The monoisotopic (exact) mass is 257 g/mol. The molecule has 2 heterocycles. The van der Waals surface area contributed by atoms with E-state index in [1.165, 1.54) is 0 Å². The van der Waals surface area contributed by atoms with E-state index in [9.17, 15) is 4.79 Å². The summed E-state index contributed by atoms with van der Waals surface area (Å²) in [5, 5.41) is 0. The first-order valence-electron chi connectivity index (χ1n) is 6.91. The van der Waals surface area contributed by atoms with Gasteiger partial charge in [-0.25, -0.2) is 4.98 Å². The van der Waals surface area contributed by atoms with Crippen molar-refractivity contribution in [3.05, 3.63) is 30.1 Å². The Bertz CT molecular complexity index is 611. The van der Waals surface area contributed by atoms with E-state index in [0.717, 1.165) is 42.8 Å². The van der Waals surface area contributed by atoms with Crippen LogP contribution in [0.2, 0.25) is 0 Å². The lowest BCUT2D eigenvalue weighted by Crippen LogP contribution is -2.34. The first-order chi connectivity index (χ1) is 9.18. The summed E-state index contributed by atoms with van der Waals surface area (Å²) in [7, 11) is 0. The zero-order valence-corrected chi connectivity index (χ0v) is 11.5. The van der Waals surface area contributed by atoms with Crippen LogP contribution in [0.4, 0.5) is 0 Å². The quantitative estimate of drug-likeness (QED) is 0.829. The first kappa shape index (κ1) is 12.2. The highest BCUT2D eigenvalue weighted by Gasteiger charge is 2.26. The molecule has 0 bridgehead atoms. The van der Waals surface area contributed by atoms with Crippen LogP contribution < -0.4 is 0 Å². The van der Waals surface area contributed by atoms with E-state index in [0.29, 0.717) is 0 Å². The van der Waals surface area contributed by atoms with Gasteiger partial charge in [-0.3, -0.25) is 4.79 Å². The maximum atomic E-state index is 12.5. The third-order valence-electron chi connectivity index (χ3n) is 3.93. The molecule has 1 fully saturated rings. The second kappa shape index (κ2) is 4.68. The zero-order valence-electron chi connectivity index (χ0n) is 11.5. The molecule has 4 heteroatoms. The molecule has 3 rings (SSSR count). The first-order valence-corrected chi connectivity index (χ1v) is 6.91. The number of aryl methyl sites for hydroxylation is 1. The van der Waals surface area contributed by atoms with Gasteiger partial charge in [0.2, 0.25) is 5.91 Å². The van der Waals surface area contributed by atoms with Crippen molar-refractivity contribution in [3.8, 4) is 0 Å². The topological polar surface area (TPSA) is 38.1 Å². The molecule has 0 saturated carbocycles. The summed E-state index contributed by atoms with van der Waals surface area (Å²) in [6.45, 7) is 5.74. The van der Waals surface area contributed by atoms with E-state index in [-0.39, 0.29) is 11.9 Å². The van der Waals surface area contributed by atoms with E-state index < -0.39 is 0 Å². The summed E-state index contributed by atoms with van der Waals surface area (Å²) in [4.78, 5) is 19.0. The van der Waals surface area contributed by atoms with Gasteiger partial charge in [-0.15, -0.1) is 0 Å². The minimum absolute atomic E-state index is 0.175. The molecule has 0 spiro atoms. The van der Waals surface area contributed by atoms with Gasteiger partial charge in [-0.05, 0) is 38.8 Å². The van der Waals surface area contributed by atoms with Gasteiger partial charge in [0, 0.05) is 13.1 Å². The molecular formula is C15H19N3O. The molecule has 1 aromatic carbocycles. The predicted molar refractivity (Wildman–Crippen MR) is 75.0 cm³/mol. The average Bonchev–Trinajstić information content (AvgIpc) is 3.03. The Kier molecular flexibility index (Phi) is 3.01. The molecule has 1 atom stereocenters. The lowest BCUT2D eigenvalue weighted by atomic mass is 10.2. The fraction of sp³-hybridized carbons (Fsp3) is 0.467. The number of rotatable bonds is 2. The van der Waals surface area contributed by atoms with Gasteiger partial charge in [0.1, 0.15) is 11.9 Å². The second-order valence-electron chi connectivity index (χ2n) is 5.23. The van der Waals surface area contributed by atoms with Crippen LogP contribution in [-0.2, 0) is 4.79 Å². The number of carbonyl (C=O) groups excluding carboxylic acids is 1. The number of carbonyl (C=O) groups is 1. The lowest BCUT2D eigenvalue weighted by molar-refractivity contribution is -0.133. The lowest BCUT2D eigenvalue weighted by Gasteiger charge is -2.22. The number of para-hydroxylation sites is 2. The molecule has 1 unspecified atom stereocenters. The predicted octanol–water partition coefficient (Wildman–Crippen LogP) is 2.53. The van der Waals surface area contributed by atoms with Crippen LogP contribution in [0, 0.1) is 6.92 Å². The van der Waals surface area contributed by atoms with Crippen molar-refractivity contribution in [1.29, 1.82) is 0 Å². The highest BCUT2D eigenvalue weighted by Crippen LogP contribution is 2.23. The fourth-order valence-electron chi connectivity index (χ4n) is 2.97. The molecule has 4 nitrogen and oxygen atoms in total. The largest absolute Gasteiger partial charge is 0.341 e. The Balaban J connectivity index is 1.98. The Morgan fingerprint density at radius 3 is 2.68 bits per heavy atom. The van der Waals surface area contributed by atoms with Crippen molar-refractivity contribution in [2.24, 2.45) is 0 Å². The van der Waals surface area contributed by atoms with Gasteiger partial charge >= 0.3 is 0 Å². The normalized spacial score (nSPS) is 17.1. The summed E-state index contributed by atoms with van der Waals surface area (Å²) >= 11 is 0. The van der Waals surface area contributed by atoms with Crippen LogP contribution >= 0.6 is 0 Å². The smallest absolute Gasteiger partial charge is 0.245 e. The van der Waals surface area contributed by atoms with Crippen molar-refractivity contribution in [2.75, 3.05) is 13.1 Å². The minimum Gasteiger partial charge on any atom is -0.341 e. The number of hydrogen-bond acceptors (Lipinski definition) is 2. The Morgan fingerprint density at radius 1 is 1.26 bits per heavy atom. The maximum absolute atomic E-state index is 12.5. The molecule has 2 aromatic rings. The second-order valence-corrected chi connectivity index (χ2v) is 5.23. The average molecular weight is 257 g/mol. The van der Waals surface area contributed by atoms with Crippen molar-refractivity contribution >= 4 is 16.9 Å². The number of hydrogen-bond donors (Lipinski definition) is 0. The van der Waals surface area contributed by atoms with Gasteiger partial charge in [0.15, 0.2) is 0 Å². The molecular weight excluding hydrogens is 238 g/mol. The summed E-state index contributed by atoms with van der Waals surface area (Å²) in [5.41, 5.74) is 2.00. The number of benzene rings is 1. The molecule has 1 amide bonds. The summed E-state index contributed by atoms with van der Waals surface area (Å²) in [6.07, 6.45) is 2.25. The number of likely N-dealkylation sites (tertiary alicyclic amines) is 1. The van der Waals surface area contributed by atoms with Crippen LogP contribution in [0.25, 0.3) is 11.0 Å². The molecule has 19 heavy (non-hydrogen) atoms. The number of fused-ring (bicyclic) bond motifs is 1. The minimum atomic E-state index is -0.175. The van der Waals surface area contributed by atoms with E-state index in [2.05, 4.69) is 9.55 Å². The SMILES string of the molecule is Cc1nc2ccccc2n1C(C)C(=O)N1CCCC1. The van der Waals surface area contributed by atoms with Gasteiger partial charge in [0.05, 0.1) is 11.0 Å². The maximum Gasteiger partial charge on any atom is 0.245 e. The van der Waals surface area contributed by atoms with Crippen molar-refractivity contribution in [2.45, 2.75) is 32.7 Å². The van der Waals surface area contributed by atoms with Gasteiger partial charge in [-0.1, -0.05) is 12.1 Å².